The number of hydrogen-bond donors (Lipinski definition) is 2. The van der Waals surface area contributed by atoms with E-state index < -0.39 is 5.97 Å². The van der Waals surface area contributed by atoms with Gasteiger partial charge in [0.05, 0.1) is 12.1 Å². The molecule has 0 aliphatic carbocycles. The van der Waals surface area contributed by atoms with E-state index in [2.05, 4.69) is 15.5 Å². The molecule has 0 saturated carbocycles. The van der Waals surface area contributed by atoms with Crippen LogP contribution >= 0.6 is 0 Å². The summed E-state index contributed by atoms with van der Waals surface area (Å²) in [5, 5.41) is 19.1. The molecule has 7 nitrogen and oxygen atoms in total. The monoisotopic (exact) mass is 274 g/mol. The number of amides is 1. The number of carbonyl (C=O) groups is 2. The van der Waals surface area contributed by atoms with Crippen molar-refractivity contribution < 1.29 is 14.7 Å². The number of carboxylic acids is 1. The van der Waals surface area contributed by atoms with Crippen molar-refractivity contribution in [3.8, 4) is 11.4 Å². The summed E-state index contributed by atoms with van der Waals surface area (Å²) >= 11 is 0. The summed E-state index contributed by atoms with van der Waals surface area (Å²) in [6.45, 7) is 0. The molecule has 20 heavy (non-hydrogen) atoms. The number of hydrogen-bond acceptors (Lipinski definition) is 4. The van der Waals surface area contributed by atoms with Gasteiger partial charge in [0.15, 0.2) is 5.82 Å². The van der Waals surface area contributed by atoms with Gasteiger partial charge in [0, 0.05) is 19.0 Å². The molecule has 0 unspecified atom stereocenters. The fourth-order valence-electron chi connectivity index (χ4n) is 1.75. The number of benzene rings is 1. The molecule has 0 bridgehead atoms. The van der Waals surface area contributed by atoms with E-state index in [1.165, 1.54) is 0 Å². The highest BCUT2D eigenvalue weighted by atomic mass is 16.4. The van der Waals surface area contributed by atoms with Gasteiger partial charge in [-0.3, -0.25) is 9.59 Å². The topological polar surface area (TPSA) is 97.1 Å². The molecule has 0 saturated heterocycles. The van der Waals surface area contributed by atoms with Crippen LogP contribution in [0.3, 0.4) is 0 Å². The number of aliphatic carboxylic acids is 1. The number of aryl methyl sites for hydroxylation is 1. The first-order chi connectivity index (χ1) is 9.58. The highest BCUT2D eigenvalue weighted by Gasteiger charge is 2.12. The molecule has 1 aromatic carbocycles. The maximum atomic E-state index is 11.7. The molecule has 7 heteroatoms. The number of aromatic nitrogens is 3. The molecule has 0 atom stereocenters. The van der Waals surface area contributed by atoms with E-state index >= 15 is 0 Å². The number of anilines is 1. The first kappa shape index (κ1) is 13.7. The minimum atomic E-state index is -0.998. The molecule has 104 valence electrons. The Morgan fingerprint density at radius 1 is 1.30 bits per heavy atom. The second-order valence-corrected chi connectivity index (χ2v) is 4.25. The van der Waals surface area contributed by atoms with Crippen LogP contribution in [0.1, 0.15) is 12.8 Å². The number of carboxylic acid groups (broad SMARTS) is 1. The third kappa shape index (κ3) is 3.19. The summed E-state index contributed by atoms with van der Waals surface area (Å²) in [5.41, 5.74) is 1.31. The van der Waals surface area contributed by atoms with Crippen LogP contribution in [0, 0.1) is 0 Å². The Labute approximate surface area is 115 Å². The maximum Gasteiger partial charge on any atom is 0.303 e. The van der Waals surface area contributed by atoms with E-state index in [-0.39, 0.29) is 18.7 Å². The predicted molar refractivity (Wildman–Crippen MR) is 71.9 cm³/mol. The molecule has 0 fully saturated rings. The Morgan fingerprint density at radius 2 is 2.05 bits per heavy atom. The Kier molecular flexibility index (Phi) is 4.09. The number of rotatable bonds is 5. The van der Waals surface area contributed by atoms with E-state index in [9.17, 15) is 9.59 Å². The normalized spacial score (nSPS) is 10.2. The zero-order valence-electron chi connectivity index (χ0n) is 10.9. The number of carbonyl (C=O) groups excluding carboxylic acids is 1. The van der Waals surface area contributed by atoms with E-state index in [0.29, 0.717) is 11.5 Å². The third-order valence-corrected chi connectivity index (χ3v) is 2.72. The lowest BCUT2D eigenvalue weighted by molar-refractivity contribution is -0.138. The van der Waals surface area contributed by atoms with Crippen molar-refractivity contribution in [2.75, 3.05) is 5.32 Å². The molecule has 2 rings (SSSR count). The van der Waals surface area contributed by atoms with Gasteiger partial charge in [0.1, 0.15) is 6.33 Å². The molecule has 1 amide bonds. The molecule has 0 aliphatic heterocycles. The fraction of sp³-hybridized carbons (Fsp3) is 0.231. The summed E-state index contributed by atoms with van der Waals surface area (Å²) in [7, 11) is 1.80. The highest BCUT2D eigenvalue weighted by Crippen LogP contribution is 2.25. The lowest BCUT2D eigenvalue weighted by Gasteiger charge is -2.10. The number of nitrogens with zero attached hydrogens (tertiary/aromatic N) is 3. The van der Waals surface area contributed by atoms with Gasteiger partial charge in [0.25, 0.3) is 0 Å². The quantitative estimate of drug-likeness (QED) is 0.856. The second-order valence-electron chi connectivity index (χ2n) is 4.25. The molecule has 2 aromatic rings. The minimum Gasteiger partial charge on any atom is -0.481 e. The number of para-hydroxylation sites is 1. The SMILES string of the molecule is Cn1cnnc1-c1ccccc1NC(=O)CCC(=O)O. The maximum absolute atomic E-state index is 11.7. The summed E-state index contributed by atoms with van der Waals surface area (Å²) in [6.07, 6.45) is 1.30. The van der Waals surface area contributed by atoms with Crippen molar-refractivity contribution >= 4 is 17.6 Å². The van der Waals surface area contributed by atoms with Crippen molar-refractivity contribution in [1.82, 2.24) is 14.8 Å². The standard InChI is InChI=1S/C13H14N4O3/c1-17-8-14-16-13(17)9-4-2-3-5-10(9)15-11(18)6-7-12(19)20/h2-5,8H,6-7H2,1H3,(H,15,18)(H,19,20). The van der Waals surface area contributed by atoms with Gasteiger partial charge in [0.2, 0.25) is 5.91 Å². The Balaban J connectivity index is 2.19. The lowest BCUT2D eigenvalue weighted by Crippen LogP contribution is -2.14. The van der Waals surface area contributed by atoms with Gasteiger partial charge in [-0.2, -0.15) is 0 Å². The third-order valence-electron chi connectivity index (χ3n) is 2.72. The van der Waals surface area contributed by atoms with Crippen molar-refractivity contribution in [3.63, 3.8) is 0 Å². The lowest BCUT2D eigenvalue weighted by atomic mass is 10.1. The Morgan fingerprint density at radius 3 is 2.70 bits per heavy atom. The van der Waals surface area contributed by atoms with Gasteiger partial charge in [-0.25, -0.2) is 0 Å². The van der Waals surface area contributed by atoms with Crippen LogP contribution in [-0.4, -0.2) is 31.7 Å². The van der Waals surface area contributed by atoms with Gasteiger partial charge >= 0.3 is 5.97 Å². The fourth-order valence-corrected chi connectivity index (χ4v) is 1.75. The molecule has 0 aliphatic rings. The van der Waals surface area contributed by atoms with E-state index in [0.717, 1.165) is 5.56 Å². The summed E-state index contributed by atoms with van der Waals surface area (Å²) in [5.74, 6) is -0.720. The average Bonchev–Trinajstić information content (AvgIpc) is 2.83. The largest absolute Gasteiger partial charge is 0.481 e. The van der Waals surface area contributed by atoms with E-state index in [1.807, 2.05) is 12.1 Å². The summed E-state index contributed by atoms with van der Waals surface area (Å²) < 4.78 is 1.74. The van der Waals surface area contributed by atoms with E-state index in [1.54, 1.807) is 30.1 Å². The summed E-state index contributed by atoms with van der Waals surface area (Å²) in [4.78, 5) is 22.2. The number of nitrogens with one attached hydrogen (secondary N) is 1. The van der Waals surface area contributed by atoms with Crippen LogP contribution in [0.4, 0.5) is 5.69 Å². The molecule has 1 heterocycles. The smallest absolute Gasteiger partial charge is 0.303 e. The van der Waals surface area contributed by atoms with Crippen molar-refractivity contribution in [3.05, 3.63) is 30.6 Å². The molecular formula is C13H14N4O3. The predicted octanol–water partition coefficient (Wildman–Crippen LogP) is 1.29. The van der Waals surface area contributed by atoms with Crippen LogP contribution in [0.2, 0.25) is 0 Å². The Hall–Kier alpha value is -2.70. The van der Waals surface area contributed by atoms with Crippen LogP contribution in [-0.2, 0) is 16.6 Å². The van der Waals surface area contributed by atoms with Crippen molar-refractivity contribution in [2.45, 2.75) is 12.8 Å². The average molecular weight is 274 g/mol. The minimum absolute atomic E-state index is 0.0670. The molecule has 2 N–H and O–H groups in total. The van der Waals surface area contributed by atoms with Gasteiger partial charge in [-0.05, 0) is 12.1 Å². The zero-order valence-corrected chi connectivity index (χ0v) is 10.9. The Bertz CT molecular complexity index is 636. The first-order valence-corrected chi connectivity index (χ1v) is 6.03. The van der Waals surface area contributed by atoms with Gasteiger partial charge in [-0.15, -0.1) is 10.2 Å². The van der Waals surface area contributed by atoms with Gasteiger partial charge in [-0.1, -0.05) is 12.1 Å². The summed E-state index contributed by atoms with van der Waals surface area (Å²) in [6, 6.07) is 7.17. The van der Waals surface area contributed by atoms with Crippen LogP contribution in [0.5, 0.6) is 0 Å². The second kappa shape index (κ2) is 5.96. The van der Waals surface area contributed by atoms with Crippen LogP contribution in [0.15, 0.2) is 30.6 Å². The molecule has 0 radical (unpaired) electrons. The van der Waals surface area contributed by atoms with Crippen molar-refractivity contribution in [1.29, 1.82) is 0 Å². The van der Waals surface area contributed by atoms with E-state index in [4.69, 9.17) is 5.11 Å². The van der Waals surface area contributed by atoms with Crippen LogP contribution in [0.25, 0.3) is 11.4 Å². The molecular weight excluding hydrogens is 260 g/mol. The zero-order chi connectivity index (χ0) is 14.5. The van der Waals surface area contributed by atoms with Crippen LogP contribution < -0.4 is 5.32 Å². The van der Waals surface area contributed by atoms with Gasteiger partial charge < -0.3 is 15.0 Å². The molecule has 1 aromatic heterocycles. The molecule has 0 spiro atoms. The van der Waals surface area contributed by atoms with Crippen molar-refractivity contribution in [2.24, 2.45) is 7.05 Å². The first-order valence-electron chi connectivity index (χ1n) is 6.03. The highest BCUT2D eigenvalue weighted by molar-refractivity contribution is 5.95.